The SMILES string of the molecule is CC(=O)OC/C=C/CC1NC(=O)N(c2ccc(C(N)=O)cc2)C1=O. The summed E-state index contributed by atoms with van der Waals surface area (Å²) in [4.78, 5) is 47.0. The van der Waals surface area contributed by atoms with Crippen LogP contribution < -0.4 is 16.0 Å². The molecule has 1 aromatic carbocycles. The van der Waals surface area contributed by atoms with Crippen LogP contribution in [0.3, 0.4) is 0 Å². The summed E-state index contributed by atoms with van der Waals surface area (Å²) in [5.41, 5.74) is 5.80. The van der Waals surface area contributed by atoms with Gasteiger partial charge in [-0.05, 0) is 30.7 Å². The van der Waals surface area contributed by atoms with E-state index in [1.807, 2.05) is 0 Å². The van der Waals surface area contributed by atoms with Gasteiger partial charge in [0.25, 0.3) is 5.91 Å². The number of carbonyl (C=O) groups is 4. The number of anilines is 1. The number of amides is 4. The molecule has 8 nitrogen and oxygen atoms in total. The molecule has 1 heterocycles. The zero-order valence-electron chi connectivity index (χ0n) is 13.0. The number of esters is 1. The van der Waals surface area contributed by atoms with Crippen LogP contribution in [-0.4, -0.2) is 36.5 Å². The van der Waals surface area contributed by atoms with Crippen molar-refractivity contribution in [2.45, 2.75) is 19.4 Å². The van der Waals surface area contributed by atoms with Crippen molar-refractivity contribution in [2.24, 2.45) is 5.73 Å². The van der Waals surface area contributed by atoms with E-state index in [0.717, 1.165) is 4.90 Å². The van der Waals surface area contributed by atoms with Crippen LogP contribution in [0.2, 0.25) is 0 Å². The van der Waals surface area contributed by atoms with Crippen molar-refractivity contribution < 1.29 is 23.9 Å². The summed E-state index contributed by atoms with van der Waals surface area (Å²) in [5.74, 6) is -1.38. The number of nitrogens with zero attached hydrogens (tertiary/aromatic N) is 1. The average Bonchev–Trinajstić information content (AvgIpc) is 2.81. The van der Waals surface area contributed by atoms with Gasteiger partial charge in [0.1, 0.15) is 12.6 Å². The molecule has 24 heavy (non-hydrogen) atoms. The molecule has 0 spiro atoms. The number of urea groups is 1. The molecule has 3 N–H and O–H groups in total. The first-order valence-electron chi connectivity index (χ1n) is 7.23. The Labute approximate surface area is 138 Å². The Bertz CT molecular complexity index is 696. The first kappa shape index (κ1) is 17.2. The molecule has 0 radical (unpaired) electrons. The molecule has 0 bridgehead atoms. The smallest absolute Gasteiger partial charge is 0.329 e. The van der Waals surface area contributed by atoms with E-state index in [1.165, 1.54) is 31.2 Å². The van der Waals surface area contributed by atoms with Crippen molar-refractivity contribution in [3.63, 3.8) is 0 Å². The van der Waals surface area contributed by atoms with E-state index < -0.39 is 29.9 Å². The monoisotopic (exact) mass is 331 g/mol. The molecule has 8 heteroatoms. The Morgan fingerprint density at radius 3 is 2.50 bits per heavy atom. The summed E-state index contributed by atoms with van der Waals surface area (Å²) >= 11 is 0. The summed E-state index contributed by atoms with van der Waals surface area (Å²) in [5, 5.41) is 2.58. The lowest BCUT2D eigenvalue weighted by Gasteiger charge is -2.13. The van der Waals surface area contributed by atoms with Crippen LogP contribution in [-0.2, 0) is 14.3 Å². The van der Waals surface area contributed by atoms with Gasteiger partial charge in [0.2, 0.25) is 5.91 Å². The van der Waals surface area contributed by atoms with Crippen molar-refractivity contribution in [2.75, 3.05) is 11.5 Å². The topological polar surface area (TPSA) is 119 Å². The van der Waals surface area contributed by atoms with E-state index in [2.05, 4.69) is 5.32 Å². The highest BCUT2D eigenvalue weighted by molar-refractivity contribution is 6.21. The fourth-order valence-corrected chi connectivity index (χ4v) is 2.18. The second-order valence-corrected chi connectivity index (χ2v) is 5.10. The minimum absolute atomic E-state index is 0.114. The molecule has 2 rings (SSSR count). The lowest BCUT2D eigenvalue weighted by atomic mass is 10.1. The van der Waals surface area contributed by atoms with Crippen molar-refractivity contribution >= 4 is 29.5 Å². The molecule has 0 aliphatic carbocycles. The van der Waals surface area contributed by atoms with Gasteiger partial charge in [-0.3, -0.25) is 14.4 Å². The molecule has 1 fully saturated rings. The molecule has 4 amide bonds. The van der Waals surface area contributed by atoms with Crippen LogP contribution in [0.15, 0.2) is 36.4 Å². The van der Waals surface area contributed by atoms with E-state index in [4.69, 9.17) is 10.5 Å². The molecule has 1 aromatic rings. The van der Waals surface area contributed by atoms with Crippen LogP contribution in [0.4, 0.5) is 10.5 Å². The number of rotatable bonds is 6. The molecular formula is C16H17N3O5. The van der Waals surface area contributed by atoms with Crippen LogP contribution in [0.5, 0.6) is 0 Å². The Hall–Kier alpha value is -3.16. The molecule has 1 aliphatic rings. The van der Waals surface area contributed by atoms with E-state index in [0.29, 0.717) is 5.69 Å². The number of benzene rings is 1. The summed E-state index contributed by atoms with van der Waals surface area (Å²) in [6.45, 7) is 1.42. The first-order chi connectivity index (χ1) is 11.4. The second-order valence-electron chi connectivity index (χ2n) is 5.10. The fraction of sp³-hybridized carbons (Fsp3) is 0.250. The van der Waals surface area contributed by atoms with E-state index >= 15 is 0 Å². The van der Waals surface area contributed by atoms with Gasteiger partial charge in [0, 0.05) is 12.5 Å². The molecule has 1 atom stereocenters. The highest BCUT2D eigenvalue weighted by atomic mass is 16.5. The number of hydrogen-bond donors (Lipinski definition) is 2. The number of hydrogen-bond acceptors (Lipinski definition) is 5. The Balaban J connectivity index is 2.00. The molecule has 1 aliphatic heterocycles. The molecule has 1 saturated heterocycles. The van der Waals surface area contributed by atoms with Gasteiger partial charge in [0.05, 0.1) is 5.69 Å². The quantitative estimate of drug-likeness (QED) is 0.452. The Morgan fingerprint density at radius 2 is 1.92 bits per heavy atom. The van der Waals surface area contributed by atoms with Gasteiger partial charge in [-0.25, -0.2) is 9.69 Å². The minimum atomic E-state index is -0.693. The summed E-state index contributed by atoms with van der Waals surface area (Å²) in [6.07, 6.45) is 3.54. The Kier molecular flexibility index (Phi) is 5.31. The normalized spacial score (nSPS) is 17.2. The van der Waals surface area contributed by atoms with Crippen LogP contribution >= 0.6 is 0 Å². The number of ether oxygens (including phenoxy) is 1. The predicted molar refractivity (Wildman–Crippen MR) is 85.2 cm³/mol. The number of nitrogens with two attached hydrogens (primary N) is 1. The lowest BCUT2D eigenvalue weighted by molar-refractivity contribution is -0.139. The third-order valence-electron chi connectivity index (χ3n) is 3.35. The van der Waals surface area contributed by atoms with Crippen LogP contribution in [0, 0.1) is 0 Å². The molecule has 0 aromatic heterocycles. The zero-order chi connectivity index (χ0) is 17.7. The highest BCUT2D eigenvalue weighted by Crippen LogP contribution is 2.21. The van der Waals surface area contributed by atoms with E-state index in [1.54, 1.807) is 12.2 Å². The van der Waals surface area contributed by atoms with Crippen LogP contribution in [0.25, 0.3) is 0 Å². The maximum atomic E-state index is 12.3. The highest BCUT2D eigenvalue weighted by Gasteiger charge is 2.38. The minimum Gasteiger partial charge on any atom is -0.462 e. The first-order valence-corrected chi connectivity index (χ1v) is 7.23. The number of nitrogens with one attached hydrogen (secondary N) is 1. The molecular weight excluding hydrogens is 314 g/mol. The van der Waals surface area contributed by atoms with E-state index in [9.17, 15) is 19.2 Å². The van der Waals surface area contributed by atoms with Gasteiger partial charge < -0.3 is 15.8 Å². The maximum Gasteiger partial charge on any atom is 0.329 e. The standard InChI is InChI=1S/C16H17N3O5/c1-10(20)24-9-3-2-4-13-15(22)19(16(23)18-13)12-7-5-11(6-8-12)14(17)21/h2-3,5-8,13H,4,9H2,1H3,(H2,17,21)(H,18,23)/b3-2+. The Morgan fingerprint density at radius 1 is 1.25 bits per heavy atom. The lowest BCUT2D eigenvalue weighted by Crippen LogP contribution is -2.31. The third-order valence-corrected chi connectivity index (χ3v) is 3.35. The fourth-order valence-electron chi connectivity index (χ4n) is 2.18. The average molecular weight is 331 g/mol. The van der Waals surface area contributed by atoms with Crippen molar-refractivity contribution in [3.8, 4) is 0 Å². The van der Waals surface area contributed by atoms with Gasteiger partial charge in [-0.1, -0.05) is 12.2 Å². The van der Waals surface area contributed by atoms with Crippen LogP contribution in [0.1, 0.15) is 23.7 Å². The van der Waals surface area contributed by atoms with Crippen molar-refractivity contribution in [3.05, 3.63) is 42.0 Å². The molecule has 1 unspecified atom stereocenters. The number of imide groups is 1. The van der Waals surface area contributed by atoms with Gasteiger partial charge in [0.15, 0.2) is 0 Å². The van der Waals surface area contributed by atoms with E-state index in [-0.39, 0.29) is 18.6 Å². The van der Waals surface area contributed by atoms with Crippen molar-refractivity contribution in [1.29, 1.82) is 0 Å². The summed E-state index contributed by atoms with van der Waals surface area (Å²) in [7, 11) is 0. The number of carbonyl (C=O) groups excluding carboxylic acids is 4. The zero-order valence-corrected chi connectivity index (χ0v) is 13.0. The summed E-state index contributed by atoms with van der Waals surface area (Å²) < 4.78 is 4.73. The maximum absolute atomic E-state index is 12.3. The second kappa shape index (κ2) is 7.40. The molecule has 0 saturated carbocycles. The predicted octanol–water partition coefficient (Wildman–Crippen LogP) is 0.720. The van der Waals surface area contributed by atoms with Gasteiger partial charge >= 0.3 is 12.0 Å². The summed E-state index contributed by atoms with van der Waals surface area (Å²) in [6, 6.07) is 4.63. The number of primary amides is 1. The van der Waals surface area contributed by atoms with Gasteiger partial charge in [-0.2, -0.15) is 0 Å². The molecule has 126 valence electrons. The third kappa shape index (κ3) is 3.97. The largest absolute Gasteiger partial charge is 0.462 e. The van der Waals surface area contributed by atoms with Crippen molar-refractivity contribution in [1.82, 2.24) is 5.32 Å². The van der Waals surface area contributed by atoms with Gasteiger partial charge in [-0.15, -0.1) is 0 Å².